The maximum absolute atomic E-state index is 12.2. The highest BCUT2D eigenvalue weighted by atomic mass is 16.3. The summed E-state index contributed by atoms with van der Waals surface area (Å²) in [5.41, 5.74) is -1.05. The number of aliphatic hydroxyl groups is 1. The molecule has 0 spiro atoms. The van der Waals surface area contributed by atoms with Crippen molar-refractivity contribution < 1.29 is 9.90 Å². The van der Waals surface area contributed by atoms with Gasteiger partial charge >= 0.3 is 0 Å². The van der Waals surface area contributed by atoms with Crippen LogP contribution in [-0.2, 0) is 4.79 Å². The van der Waals surface area contributed by atoms with Gasteiger partial charge in [-0.15, -0.1) is 0 Å². The number of ketones is 1. The molecule has 2 heteroatoms. The Morgan fingerprint density at radius 1 is 1.29 bits per heavy atom. The fraction of sp³-hybridized carbons (Fsp3) is 0.933. The van der Waals surface area contributed by atoms with Crippen molar-refractivity contribution in [3.63, 3.8) is 0 Å². The van der Waals surface area contributed by atoms with Crippen molar-refractivity contribution in [3.05, 3.63) is 0 Å². The second-order valence-corrected chi connectivity index (χ2v) is 7.55. The van der Waals surface area contributed by atoms with E-state index in [0.29, 0.717) is 24.0 Å². The first-order valence-corrected chi connectivity index (χ1v) is 6.99. The Morgan fingerprint density at radius 3 is 2.59 bits per heavy atom. The van der Waals surface area contributed by atoms with Crippen molar-refractivity contribution in [1.82, 2.24) is 0 Å². The van der Waals surface area contributed by atoms with Crippen molar-refractivity contribution in [2.24, 2.45) is 28.6 Å². The molecular weight excluding hydrogens is 212 g/mol. The smallest absolute Gasteiger partial charge is 0.137 e. The highest BCUT2D eigenvalue weighted by Gasteiger charge is 2.72. The van der Waals surface area contributed by atoms with Crippen LogP contribution < -0.4 is 0 Å². The predicted molar refractivity (Wildman–Crippen MR) is 66.5 cm³/mol. The minimum atomic E-state index is -0.631. The molecule has 4 aliphatic carbocycles. The molecule has 0 aromatic rings. The summed E-state index contributed by atoms with van der Waals surface area (Å²) in [5, 5.41) is 11.3. The average molecular weight is 236 g/mol. The van der Waals surface area contributed by atoms with Gasteiger partial charge in [-0.2, -0.15) is 0 Å². The summed E-state index contributed by atoms with van der Waals surface area (Å²) >= 11 is 0. The van der Waals surface area contributed by atoms with Crippen LogP contribution in [-0.4, -0.2) is 16.5 Å². The van der Waals surface area contributed by atoms with E-state index in [-0.39, 0.29) is 16.7 Å². The van der Waals surface area contributed by atoms with Gasteiger partial charge in [0.25, 0.3) is 0 Å². The number of Topliss-reactive ketones (excluding diaryl/α,β-unsaturated/α-hetero) is 1. The third-order valence-electron chi connectivity index (χ3n) is 6.77. The zero-order chi connectivity index (χ0) is 12.6. The molecule has 0 radical (unpaired) electrons. The number of fused-ring (bicyclic) bond motifs is 1. The van der Waals surface area contributed by atoms with E-state index in [4.69, 9.17) is 0 Å². The Morgan fingerprint density at radius 2 is 1.94 bits per heavy atom. The van der Waals surface area contributed by atoms with Crippen LogP contribution in [0.25, 0.3) is 0 Å². The minimum Gasteiger partial charge on any atom is -0.389 e. The minimum absolute atomic E-state index is 0.0853. The summed E-state index contributed by atoms with van der Waals surface area (Å²) in [7, 11) is 0. The fourth-order valence-electron chi connectivity index (χ4n) is 5.54. The van der Waals surface area contributed by atoms with Gasteiger partial charge in [0, 0.05) is 23.2 Å². The van der Waals surface area contributed by atoms with Gasteiger partial charge in [-0.3, -0.25) is 4.79 Å². The number of carbonyl (C=O) groups excluding carboxylic acids is 1. The molecule has 2 nitrogen and oxygen atoms in total. The van der Waals surface area contributed by atoms with Gasteiger partial charge in [-0.1, -0.05) is 27.7 Å². The van der Waals surface area contributed by atoms with Crippen LogP contribution in [0.1, 0.15) is 53.4 Å². The zero-order valence-electron chi connectivity index (χ0n) is 11.4. The molecule has 0 aromatic carbocycles. The molecule has 5 atom stereocenters. The molecule has 17 heavy (non-hydrogen) atoms. The first-order valence-electron chi connectivity index (χ1n) is 6.99. The second-order valence-electron chi connectivity index (χ2n) is 7.55. The molecule has 0 aromatic heterocycles. The van der Waals surface area contributed by atoms with E-state index in [1.807, 2.05) is 0 Å². The second kappa shape index (κ2) is 2.96. The number of hydrogen-bond acceptors (Lipinski definition) is 2. The van der Waals surface area contributed by atoms with Gasteiger partial charge in [-0.05, 0) is 31.1 Å². The van der Waals surface area contributed by atoms with Crippen molar-refractivity contribution >= 4 is 5.78 Å². The van der Waals surface area contributed by atoms with Gasteiger partial charge in [0.2, 0.25) is 0 Å². The third-order valence-corrected chi connectivity index (χ3v) is 6.77. The summed E-state index contributed by atoms with van der Waals surface area (Å²) < 4.78 is 0. The normalized spacial score (nSPS) is 56.1. The molecule has 4 aliphatic rings. The summed E-state index contributed by atoms with van der Waals surface area (Å²) in [6.07, 6.45) is 3.59. The zero-order valence-corrected chi connectivity index (χ0v) is 11.4. The number of rotatable bonds is 0. The quantitative estimate of drug-likeness (QED) is 0.702. The van der Waals surface area contributed by atoms with Crippen molar-refractivity contribution in [3.8, 4) is 0 Å². The van der Waals surface area contributed by atoms with Crippen LogP contribution in [0.2, 0.25) is 0 Å². The summed E-state index contributed by atoms with van der Waals surface area (Å²) in [6, 6.07) is 0. The van der Waals surface area contributed by atoms with Gasteiger partial charge in [0.1, 0.15) is 5.78 Å². The highest BCUT2D eigenvalue weighted by Crippen LogP contribution is 2.70. The molecule has 0 amide bonds. The Balaban J connectivity index is 2.18. The Kier molecular flexibility index (Phi) is 2.04. The molecule has 0 saturated heterocycles. The lowest BCUT2D eigenvalue weighted by atomic mass is 9.35. The molecule has 4 bridgehead atoms. The molecule has 1 N–H and O–H groups in total. The van der Waals surface area contributed by atoms with Crippen LogP contribution in [0.5, 0.6) is 0 Å². The topological polar surface area (TPSA) is 37.3 Å². The Labute approximate surface area is 104 Å². The summed E-state index contributed by atoms with van der Waals surface area (Å²) in [5.74, 6) is 1.68. The largest absolute Gasteiger partial charge is 0.389 e. The van der Waals surface area contributed by atoms with Gasteiger partial charge in [0.05, 0.1) is 5.60 Å². The van der Waals surface area contributed by atoms with Gasteiger partial charge in [-0.25, -0.2) is 0 Å². The molecule has 0 heterocycles. The SMILES string of the molecule is CC1CCC2(O)C(C)(C)C3CC1C2(C)CC3=O. The Bertz CT molecular complexity index is 386. The van der Waals surface area contributed by atoms with E-state index in [0.717, 1.165) is 19.3 Å². The number of hydrogen-bond donors (Lipinski definition) is 1. The monoisotopic (exact) mass is 236 g/mol. The van der Waals surface area contributed by atoms with E-state index < -0.39 is 5.60 Å². The molecule has 0 aliphatic heterocycles. The van der Waals surface area contributed by atoms with Crippen LogP contribution in [0.4, 0.5) is 0 Å². The van der Waals surface area contributed by atoms with Crippen molar-refractivity contribution in [2.45, 2.75) is 59.0 Å². The standard InChI is InChI=1S/C15H24O2/c1-9-5-6-15(17)13(2,3)11-7-10(9)14(15,4)8-12(11)16/h9-11,17H,5-8H2,1-4H3. The molecule has 4 saturated carbocycles. The van der Waals surface area contributed by atoms with Crippen LogP contribution in [0.3, 0.4) is 0 Å². The fourth-order valence-corrected chi connectivity index (χ4v) is 5.54. The lowest BCUT2D eigenvalue weighted by molar-refractivity contribution is -0.277. The maximum Gasteiger partial charge on any atom is 0.137 e. The number of carbonyl (C=O) groups is 1. The first-order chi connectivity index (χ1) is 7.74. The highest BCUT2D eigenvalue weighted by molar-refractivity contribution is 5.85. The van der Waals surface area contributed by atoms with E-state index in [1.54, 1.807) is 0 Å². The van der Waals surface area contributed by atoms with Gasteiger partial charge < -0.3 is 5.11 Å². The average Bonchev–Trinajstić information content (AvgIpc) is 2.21. The Hall–Kier alpha value is -0.370. The first kappa shape index (κ1) is 11.7. The van der Waals surface area contributed by atoms with Crippen LogP contribution in [0.15, 0.2) is 0 Å². The van der Waals surface area contributed by atoms with E-state index >= 15 is 0 Å². The lowest BCUT2D eigenvalue weighted by Gasteiger charge is -2.70. The predicted octanol–water partition coefficient (Wildman–Crippen LogP) is 2.79. The molecule has 5 unspecified atom stereocenters. The van der Waals surface area contributed by atoms with Crippen LogP contribution >= 0.6 is 0 Å². The van der Waals surface area contributed by atoms with Crippen molar-refractivity contribution in [2.75, 3.05) is 0 Å². The molecule has 4 rings (SSSR count). The van der Waals surface area contributed by atoms with E-state index in [2.05, 4.69) is 27.7 Å². The van der Waals surface area contributed by atoms with E-state index in [9.17, 15) is 9.90 Å². The summed E-state index contributed by atoms with van der Waals surface area (Å²) in [4.78, 5) is 12.2. The molecular formula is C15H24O2. The van der Waals surface area contributed by atoms with Crippen molar-refractivity contribution in [1.29, 1.82) is 0 Å². The third kappa shape index (κ3) is 1.05. The molecule has 96 valence electrons. The maximum atomic E-state index is 12.2. The van der Waals surface area contributed by atoms with Crippen LogP contribution in [0, 0.1) is 28.6 Å². The lowest BCUT2D eigenvalue weighted by Crippen LogP contribution is -2.73. The summed E-state index contributed by atoms with van der Waals surface area (Å²) in [6.45, 7) is 8.69. The molecule has 4 fully saturated rings. The van der Waals surface area contributed by atoms with Gasteiger partial charge in [0.15, 0.2) is 0 Å². The van der Waals surface area contributed by atoms with E-state index in [1.165, 1.54) is 0 Å².